The lowest BCUT2D eigenvalue weighted by molar-refractivity contribution is -0.137. The molecule has 2 aromatic carbocycles. The highest BCUT2D eigenvalue weighted by molar-refractivity contribution is 5.69. The molecule has 2 aromatic rings. The molecule has 0 saturated carbocycles. The second-order valence-corrected chi connectivity index (χ2v) is 5.12. The van der Waals surface area contributed by atoms with Crippen molar-refractivity contribution in [2.45, 2.75) is 25.9 Å². The van der Waals surface area contributed by atoms with E-state index in [1.54, 1.807) is 12.1 Å². The van der Waals surface area contributed by atoms with Gasteiger partial charge in [-0.3, -0.25) is 0 Å². The van der Waals surface area contributed by atoms with Gasteiger partial charge in [-0.05, 0) is 40.8 Å². The van der Waals surface area contributed by atoms with E-state index in [-0.39, 0.29) is 5.69 Å². The Morgan fingerprint density at radius 3 is 2.25 bits per heavy atom. The van der Waals surface area contributed by atoms with Gasteiger partial charge in [0.05, 0.1) is 5.56 Å². The fraction of sp³-hybridized carbons (Fsp3) is 0.250. The molecule has 0 spiro atoms. The predicted octanol–water partition coefficient (Wildman–Crippen LogP) is 5.08. The van der Waals surface area contributed by atoms with Crippen molar-refractivity contribution in [1.29, 1.82) is 0 Å². The third-order valence-electron chi connectivity index (χ3n) is 3.17. The topological polar surface area (TPSA) is 26.0 Å². The number of benzene rings is 2. The summed E-state index contributed by atoms with van der Waals surface area (Å²) in [4.78, 5) is 0. The van der Waals surface area contributed by atoms with Crippen molar-refractivity contribution in [3.8, 4) is 11.1 Å². The summed E-state index contributed by atoms with van der Waals surface area (Å²) in [6.45, 7) is 4.08. The fourth-order valence-corrected chi connectivity index (χ4v) is 2.06. The molecule has 2 N–H and O–H groups in total. The number of hydrogen-bond donors (Lipinski definition) is 1. The average molecular weight is 279 g/mol. The van der Waals surface area contributed by atoms with Crippen LogP contribution in [0.25, 0.3) is 11.1 Å². The number of alkyl halides is 3. The van der Waals surface area contributed by atoms with E-state index in [2.05, 4.69) is 0 Å². The smallest absolute Gasteiger partial charge is 0.399 e. The number of rotatable bonds is 2. The quantitative estimate of drug-likeness (QED) is 0.762. The van der Waals surface area contributed by atoms with Crippen LogP contribution < -0.4 is 5.73 Å². The maximum atomic E-state index is 12.8. The molecule has 0 unspecified atom stereocenters. The van der Waals surface area contributed by atoms with Crippen LogP contribution in [0.5, 0.6) is 0 Å². The van der Waals surface area contributed by atoms with E-state index in [0.717, 1.165) is 23.3 Å². The molecule has 0 aliphatic heterocycles. The van der Waals surface area contributed by atoms with Gasteiger partial charge in [-0.2, -0.15) is 13.2 Å². The lowest BCUT2D eigenvalue weighted by atomic mass is 9.96. The van der Waals surface area contributed by atoms with E-state index in [1.165, 1.54) is 0 Å². The first-order valence-corrected chi connectivity index (χ1v) is 6.35. The standard InChI is InChI=1S/C16H16F3N/c1-10(2)11-4-3-5-12(6-11)13-7-14(16(17,18)19)9-15(20)8-13/h3-10H,20H2,1-2H3. The molecule has 1 nitrogen and oxygen atoms in total. The molecule has 0 amide bonds. The molecule has 106 valence electrons. The minimum atomic E-state index is -4.39. The van der Waals surface area contributed by atoms with Crippen LogP contribution in [0.2, 0.25) is 0 Å². The third kappa shape index (κ3) is 3.13. The zero-order valence-electron chi connectivity index (χ0n) is 11.3. The summed E-state index contributed by atoms with van der Waals surface area (Å²) in [7, 11) is 0. The number of halogens is 3. The molecule has 2 rings (SSSR count). The Hall–Kier alpha value is -1.97. The maximum absolute atomic E-state index is 12.8. The van der Waals surface area contributed by atoms with Gasteiger partial charge in [0.2, 0.25) is 0 Å². The van der Waals surface area contributed by atoms with Gasteiger partial charge < -0.3 is 5.73 Å². The van der Waals surface area contributed by atoms with Crippen LogP contribution in [-0.2, 0) is 6.18 Å². The Morgan fingerprint density at radius 2 is 1.65 bits per heavy atom. The van der Waals surface area contributed by atoms with E-state index in [9.17, 15) is 13.2 Å². The molecule has 0 aliphatic rings. The predicted molar refractivity (Wildman–Crippen MR) is 75.4 cm³/mol. The normalized spacial score (nSPS) is 11.9. The van der Waals surface area contributed by atoms with E-state index >= 15 is 0 Å². The summed E-state index contributed by atoms with van der Waals surface area (Å²) in [6.07, 6.45) is -4.39. The molecule has 0 radical (unpaired) electrons. The molecule has 0 aliphatic carbocycles. The highest BCUT2D eigenvalue weighted by atomic mass is 19.4. The molecule has 4 heteroatoms. The summed E-state index contributed by atoms with van der Waals surface area (Å²) in [5.74, 6) is 0.318. The largest absolute Gasteiger partial charge is 0.416 e. The molecule has 0 atom stereocenters. The zero-order valence-corrected chi connectivity index (χ0v) is 11.3. The van der Waals surface area contributed by atoms with E-state index in [0.29, 0.717) is 11.5 Å². The van der Waals surface area contributed by atoms with Crippen molar-refractivity contribution in [3.05, 3.63) is 53.6 Å². The molecule has 0 saturated heterocycles. The first kappa shape index (κ1) is 14.4. The summed E-state index contributed by atoms with van der Waals surface area (Å²) in [6, 6.07) is 11.2. The SMILES string of the molecule is CC(C)c1cccc(-c2cc(N)cc(C(F)(F)F)c2)c1. The highest BCUT2D eigenvalue weighted by Crippen LogP contribution is 2.34. The van der Waals surface area contributed by atoms with Gasteiger partial charge in [0, 0.05) is 5.69 Å². The van der Waals surface area contributed by atoms with Crippen LogP contribution in [0.4, 0.5) is 18.9 Å². The number of nitrogens with two attached hydrogens (primary N) is 1. The second kappa shape index (κ2) is 5.19. The Bertz CT molecular complexity index is 615. The fourth-order valence-electron chi connectivity index (χ4n) is 2.06. The second-order valence-electron chi connectivity index (χ2n) is 5.12. The summed E-state index contributed by atoms with van der Waals surface area (Å²) >= 11 is 0. The van der Waals surface area contributed by atoms with Crippen molar-refractivity contribution in [2.75, 3.05) is 5.73 Å². The first-order chi connectivity index (χ1) is 9.27. The molecule has 20 heavy (non-hydrogen) atoms. The summed E-state index contributed by atoms with van der Waals surface area (Å²) in [5, 5.41) is 0. The third-order valence-corrected chi connectivity index (χ3v) is 3.17. The number of hydrogen-bond acceptors (Lipinski definition) is 1. The van der Waals surface area contributed by atoms with Crippen LogP contribution in [0.3, 0.4) is 0 Å². The molecular weight excluding hydrogens is 263 g/mol. The molecule has 0 bridgehead atoms. The summed E-state index contributed by atoms with van der Waals surface area (Å²) < 4.78 is 38.4. The van der Waals surface area contributed by atoms with Gasteiger partial charge in [-0.15, -0.1) is 0 Å². The van der Waals surface area contributed by atoms with Crippen molar-refractivity contribution >= 4 is 5.69 Å². The highest BCUT2D eigenvalue weighted by Gasteiger charge is 2.31. The Labute approximate surface area is 116 Å². The van der Waals surface area contributed by atoms with Gasteiger partial charge in [0.1, 0.15) is 0 Å². The van der Waals surface area contributed by atoms with Crippen LogP contribution >= 0.6 is 0 Å². The molecular formula is C16H16F3N. The van der Waals surface area contributed by atoms with E-state index < -0.39 is 11.7 Å². The van der Waals surface area contributed by atoms with E-state index in [1.807, 2.05) is 32.0 Å². The maximum Gasteiger partial charge on any atom is 0.416 e. The van der Waals surface area contributed by atoms with Gasteiger partial charge in [0.25, 0.3) is 0 Å². The Morgan fingerprint density at radius 1 is 0.950 bits per heavy atom. The van der Waals surface area contributed by atoms with Crippen molar-refractivity contribution in [2.24, 2.45) is 0 Å². The number of nitrogen functional groups attached to an aromatic ring is 1. The van der Waals surface area contributed by atoms with Crippen LogP contribution in [0.1, 0.15) is 30.9 Å². The minimum absolute atomic E-state index is 0.116. The van der Waals surface area contributed by atoms with Crippen molar-refractivity contribution in [3.63, 3.8) is 0 Å². The van der Waals surface area contributed by atoms with Gasteiger partial charge >= 0.3 is 6.18 Å². The first-order valence-electron chi connectivity index (χ1n) is 6.35. The molecule has 0 fully saturated rings. The average Bonchev–Trinajstić information content (AvgIpc) is 2.37. The lowest BCUT2D eigenvalue weighted by Gasteiger charge is -2.12. The van der Waals surface area contributed by atoms with Gasteiger partial charge in [0.15, 0.2) is 0 Å². The van der Waals surface area contributed by atoms with E-state index in [4.69, 9.17) is 5.73 Å². The molecule has 0 aromatic heterocycles. The monoisotopic (exact) mass is 279 g/mol. The van der Waals surface area contributed by atoms with Crippen LogP contribution in [0, 0.1) is 0 Å². The number of anilines is 1. The Balaban J connectivity index is 2.53. The van der Waals surface area contributed by atoms with Crippen molar-refractivity contribution < 1.29 is 13.2 Å². The van der Waals surface area contributed by atoms with Gasteiger partial charge in [-0.25, -0.2) is 0 Å². The lowest BCUT2D eigenvalue weighted by Crippen LogP contribution is -2.06. The summed E-state index contributed by atoms with van der Waals surface area (Å²) in [5.41, 5.74) is 7.30. The zero-order chi connectivity index (χ0) is 14.9. The van der Waals surface area contributed by atoms with Crippen molar-refractivity contribution in [1.82, 2.24) is 0 Å². The minimum Gasteiger partial charge on any atom is -0.399 e. The Kier molecular flexibility index (Phi) is 3.75. The van der Waals surface area contributed by atoms with Crippen LogP contribution in [0.15, 0.2) is 42.5 Å². The van der Waals surface area contributed by atoms with Crippen LogP contribution in [-0.4, -0.2) is 0 Å². The molecule has 0 heterocycles. The van der Waals surface area contributed by atoms with Gasteiger partial charge in [-0.1, -0.05) is 38.1 Å².